The molecule has 0 saturated carbocycles. The highest BCUT2D eigenvalue weighted by atomic mass is 19.4. The van der Waals surface area contributed by atoms with Crippen LogP contribution in [0.15, 0.2) is 54.9 Å². The summed E-state index contributed by atoms with van der Waals surface area (Å²) in [5, 5.41) is 0. The highest BCUT2D eigenvalue weighted by molar-refractivity contribution is 5.73. The van der Waals surface area contributed by atoms with Gasteiger partial charge in [-0.15, -0.1) is 0 Å². The summed E-state index contributed by atoms with van der Waals surface area (Å²) in [6, 6.07) is 5.74. The summed E-state index contributed by atoms with van der Waals surface area (Å²) in [5.74, 6) is -1.15. The number of nitrogens with zero attached hydrogens (tertiary/aromatic N) is 1. The van der Waals surface area contributed by atoms with E-state index in [2.05, 4.69) is 4.98 Å². The van der Waals surface area contributed by atoms with Gasteiger partial charge in [-0.3, -0.25) is 4.90 Å². The van der Waals surface area contributed by atoms with Crippen molar-refractivity contribution in [3.8, 4) is 11.1 Å². The van der Waals surface area contributed by atoms with Gasteiger partial charge < -0.3 is 9.72 Å². The zero-order valence-corrected chi connectivity index (χ0v) is 17.5. The zero-order chi connectivity index (χ0) is 24.8. The van der Waals surface area contributed by atoms with Crippen LogP contribution in [-0.2, 0) is 23.6 Å². The van der Waals surface area contributed by atoms with Crippen molar-refractivity contribution < 1.29 is 40.3 Å². The SMILES string of the molecule is C[C@H]1[C@@H](c2cc(F)cc(C(F)(F)F)c2)OC(=O)N1Cc1cc(C(F)(F)F)ccc1-c1cc[nH]c1. The largest absolute Gasteiger partial charge is 0.439 e. The lowest BCUT2D eigenvalue weighted by Crippen LogP contribution is -2.31. The van der Waals surface area contributed by atoms with Gasteiger partial charge in [-0.1, -0.05) is 6.07 Å². The third-order valence-electron chi connectivity index (χ3n) is 5.65. The van der Waals surface area contributed by atoms with Crippen LogP contribution < -0.4 is 0 Å². The van der Waals surface area contributed by atoms with Gasteiger partial charge in [-0.05, 0) is 65.6 Å². The molecule has 0 bridgehead atoms. The molecule has 2 atom stereocenters. The van der Waals surface area contributed by atoms with Crippen LogP contribution in [0.3, 0.4) is 0 Å². The normalized spacial score (nSPS) is 18.9. The molecule has 11 heteroatoms. The fourth-order valence-electron chi connectivity index (χ4n) is 3.96. The van der Waals surface area contributed by atoms with Crippen molar-refractivity contribution in [1.82, 2.24) is 9.88 Å². The predicted molar refractivity (Wildman–Crippen MR) is 107 cm³/mol. The minimum Gasteiger partial charge on any atom is -0.439 e. The van der Waals surface area contributed by atoms with Crippen LogP contribution in [0.5, 0.6) is 0 Å². The minimum atomic E-state index is -4.81. The lowest BCUT2D eigenvalue weighted by atomic mass is 9.97. The quantitative estimate of drug-likeness (QED) is 0.406. The van der Waals surface area contributed by atoms with Crippen molar-refractivity contribution in [1.29, 1.82) is 0 Å². The summed E-state index contributed by atoms with van der Waals surface area (Å²) in [7, 11) is 0. The third-order valence-corrected chi connectivity index (χ3v) is 5.65. The second kappa shape index (κ2) is 8.37. The fraction of sp³-hybridized carbons (Fsp3) is 0.261. The molecule has 3 aromatic rings. The molecule has 4 rings (SSSR count). The number of amides is 1. The van der Waals surface area contributed by atoms with Gasteiger partial charge in [0.2, 0.25) is 0 Å². The molecular formula is C23H17F7N2O2. The molecule has 1 N–H and O–H groups in total. The van der Waals surface area contributed by atoms with Gasteiger partial charge >= 0.3 is 18.4 Å². The van der Waals surface area contributed by atoms with E-state index in [0.717, 1.165) is 23.1 Å². The van der Waals surface area contributed by atoms with Crippen molar-refractivity contribution in [2.24, 2.45) is 0 Å². The topological polar surface area (TPSA) is 45.3 Å². The second-order valence-electron chi connectivity index (χ2n) is 7.91. The van der Waals surface area contributed by atoms with Crippen molar-refractivity contribution >= 4 is 6.09 Å². The van der Waals surface area contributed by atoms with E-state index in [0.29, 0.717) is 23.3 Å². The van der Waals surface area contributed by atoms with E-state index >= 15 is 0 Å². The molecule has 1 amide bonds. The van der Waals surface area contributed by atoms with Crippen molar-refractivity contribution in [3.05, 3.63) is 82.9 Å². The second-order valence-corrected chi connectivity index (χ2v) is 7.91. The molecule has 1 aliphatic rings. The molecule has 0 radical (unpaired) electrons. The molecule has 2 aromatic carbocycles. The van der Waals surface area contributed by atoms with Crippen molar-refractivity contribution in [2.75, 3.05) is 0 Å². The number of benzene rings is 2. The maximum absolute atomic E-state index is 13.9. The molecule has 34 heavy (non-hydrogen) atoms. The van der Waals surface area contributed by atoms with Gasteiger partial charge in [0.25, 0.3) is 0 Å². The number of cyclic esters (lactones) is 1. The van der Waals surface area contributed by atoms with E-state index in [1.165, 1.54) is 13.0 Å². The Kier molecular flexibility index (Phi) is 5.82. The standard InChI is InChI=1S/C23H17F7N2O2/c1-12-20(14-6-17(23(28,29)30)9-18(24)8-14)34-21(33)32(12)11-15-7-16(22(25,26)27)2-3-19(15)13-4-5-31-10-13/h2-10,12,20,31H,11H2,1H3/t12-,20-/m0/s1. The Bertz CT molecular complexity index is 1200. The van der Waals surface area contributed by atoms with Crippen LogP contribution >= 0.6 is 0 Å². The first-order valence-corrected chi connectivity index (χ1v) is 10.0. The summed E-state index contributed by atoms with van der Waals surface area (Å²) in [6.45, 7) is 1.17. The molecule has 4 nitrogen and oxygen atoms in total. The van der Waals surface area contributed by atoms with Gasteiger partial charge in [0, 0.05) is 12.4 Å². The summed E-state index contributed by atoms with van der Waals surface area (Å²) in [6.07, 6.45) is -8.46. The number of carbonyl (C=O) groups excluding carboxylic acids is 1. The van der Waals surface area contributed by atoms with E-state index in [1.807, 2.05) is 0 Å². The molecule has 0 unspecified atom stereocenters. The number of ether oxygens (including phenoxy) is 1. The van der Waals surface area contributed by atoms with Crippen LogP contribution in [0.1, 0.15) is 35.3 Å². The van der Waals surface area contributed by atoms with Gasteiger partial charge in [-0.2, -0.15) is 26.3 Å². The first-order chi connectivity index (χ1) is 15.8. The van der Waals surface area contributed by atoms with Crippen LogP contribution in [0.25, 0.3) is 11.1 Å². The minimum absolute atomic E-state index is 0.161. The van der Waals surface area contributed by atoms with Gasteiger partial charge in [0.1, 0.15) is 11.9 Å². The highest BCUT2D eigenvalue weighted by Gasteiger charge is 2.42. The summed E-state index contributed by atoms with van der Waals surface area (Å²) in [5.41, 5.74) is -1.18. The third kappa shape index (κ3) is 4.59. The Hall–Kier alpha value is -3.50. The smallest absolute Gasteiger partial charge is 0.416 e. The molecule has 1 saturated heterocycles. The number of halogens is 7. The van der Waals surface area contributed by atoms with E-state index in [1.54, 1.807) is 18.5 Å². The monoisotopic (exact) mass is 486 g/mol. The van der Waals surface area contributed by atoms with E-state index in [9.17, 15) is 35.5 Å². The van der Waals surface area contributed by atoms with E-state index in [4.69, 9.17) is 4.74 Å². The van der Waals surface area contributed by atoms with Crippen molar-refractivity contribution in [3.63, 3.8) is 0 Å². The Labute approximate surface area is 188 Å². The van der Waals surface area contributed by atoms with Gasteiger partial charge in [0.05, 0.1) is 23.7 Å². The molecule has 1 aromatic heterocycles. The molecular weight excluding hydrogens is 469 g/mol. The molecule has 0 aliphatic carbocycles. The molecule has 2 heterocycles. The molecule has 1 aliphatic heterocycles. The number of aromatic amines is 1. The number of rotatable bonds is 4. The maximum Gasteiger partial charge on any atom is 0.416 e. The lowest BCUT2D eigenvalue weighted by Gasteiger charge is -2.23. The van der Waals surface area contributed by atoms with Gasteiger partial charge in [-0.25, -0.2) is 9.18 Å². The van der Waals surface area contributed by atoms with E-state index < -0.39 is 47.5 Å². The number of hydrogen-bond acceptors (Lipinski definition) is 2. The number of alkyl halides is 6. The number of H-pyrrole nitrogens is 1. The van der Waals surface area contributed by atoms with E-state index in [-0.39, 0.29) is 17.7 Å². The highest BCUT2D eigenvalue weighted by Crippen LogP contribution is 2.39. The number of hydrogen-bond donors (Lipinski definition) is 1. The number of aromatic nitrogens is 1. The average molecular weight is 486 g/mol. The number of nitrogens with one attached hydrogen (secondary N) is 1. The molecule has 180 valence electrons. The molecule has 1 fully saturated rings. The van der Waals surface area contributed by atoms with Crippen LogP contribution in [-0.4, -0.2) is 22.0 Å². The van der Waals surface area contributed by atoms with Crippen LogP contribution in [0, 0.1) is 5.82 Å². The maximum atomic E-state index is 13.9. The number of carbonyl (C=O) groups is 1. The summed E-state index contributed by atoms with van der Waals surface area (Å²) < 4.78 is 98.4. The van der Waals surface area contributed by atoms with Crippen molar-refractivity contribution in [2.45, 2.75) is 38.0 Å². The summed E-state index contributed by atoms with van der Waals surface area (Å²) in [4.78, 5) is 16.5. The first kappa shape index (κ1) is 23.7. The summed E-state index contributed by atoms with van der Waals surface area (Å²) >= 11 is 0. The first-order valence-electron chi connectivity index (χ1n) is 10.0. The Balaban J connectivity index is 1.68. The Morgan fingerprint density at radius 3 is 2.29 bits per heavy atom. The predicted octanol–water partition coefficient (Wildman–Crippen LogP) is 6.94. The zero-order valence-electron chi connectivity index (χ0n) is 17.5. The van der Waals surface area contributed by atoms with Crippen LogP contribution in [0.2, 0.25) is 0 Å². The molecule has 0 spiro atoms. The fourth-order valence-corrected chi connectivity index (χ4v) is 3.96. The van der Waals surface area contributed by atoms with Crippen LogP contribution in [0.4, 0.5) is 35.5 Å². The Morgan fingerprint density at radius 1 is 0.971 bits per heavy atom. The van der Waals surface area contributed by atoms with Gasteiger partial charge in [0.15, 0.2) is 0 Å². The lowest BCUT2D eigenvalue weighted by molar-refractivity contribution is -0.138. The Morgan fingerprint density at radius 2 is 1.68 bits per heavy atom. The average Bonchev–Trinajstić information content (AvgIpc) is 3.36.